The van der Waals surface area contributed by atoms with Crippen molar-refractivity contribution in [1.82, 2.24) is 52.8 Å². The molecule has 1 heterocycles. The van der Waals surface area contributed by atoms with Crippen molar-refractivity contribution < 1.29 is 73.2 Å². The molecule has 0 unspecified atom stereocenters. The van der Waals surface area contributed by atoms with Crippen LogP contribution in [0.4, 0.5) is 0 Å². The molecule has 1 aliphatic rings. The first-order chi connectivity index (χ1) is 44.9. The van der Waals surface area contributed by atoms with Gasteiger partial charge in [-0.15, -0.1) is 6.58 Å². The lowest BCUT2D eigenvalue weighted by Gasteiger charge is -2.30. The van der Waals surface area contributed by atoms with Gasteiger partial charge in [-0.1, -0.05) is 113 Å². The number of nitrogens with two attached hydrogens (primary N) is 3. The maximum Gasteiger partial charge on any atom is 0.305 e. The highest BCUT2D eigenvalue weighted by Crippen LogP contribution is 2.28. The number of H-pyrrole nitrogens is 1. The topological polar surface area (TPSA) is 483 Å². The van der Waals surface area contributed by atoms with Crippen LogP contribution in [0.3, 0.4) is 0 Å². The summed E-state index contributed by atoms with van der Waals surface area (Å²) in [7, 11) is 0. The number of primary amides is 1. The number of carboxylic acid groups (broad SMARTS) is 1. The van der Waals surface area contributed by atoms with Crippen LogP contribution < -0.4 is 65.1 Å². The minimum Gasteiger partial charge on any atom is -0.508 e. The molecule has 20 N–H and O–H groups in total. The number of fused-ring (bicyclic) bond motifs is 1. The summed E-state index contributed by atoms with van der Waals surface area (Å²) in [6, 6.07) is 7.58. The molecule has 0 spiro atoms. The number of para-hydroxylation sites is 1. The van der Waals surface area contributed by atoms with E-state index in [-0.39, 0.29) is 87.9 Å². The second-order valence-corrected chi connectivity index (χ2v) is 23.7. The number of hydrogen-bond donors (Lipinski definition) is 17. The Labute approximate surface area is 544 Å². The van der Waals surface area contributed by atoms with Crippen molar-refractivity contribution in [2.75, 3.05) is 19.8 Å². The van der Waals surface area contributed by atoms with Crippen molar-refractivity contribution in [2.45, 2.75) is 165 Å². The zero-order chi connectivity index (χ0) is 68.9. The summed E-state index contributed by atoms with van der Waals surface area (Å²) >= 11 is 0. The quantitative estimate of drug-likeness (QED) is 0.0113. The number of aromatic hydroxyl groups is 1. The third kappa shape index (κ3) is 25.0. The van der Waals surface area contributed by atoms with Crippen LogP contribution in [0.5, 0.6) is 5.75 Å². The monoisotopic (exact) mass is 1310 g/mol. The van der Waals surface area contributed by atoms with Gasteiger partial charge in [-0.05, 0) is 78.8 Å². The summed E-state index contributed by atoms with van der Waals surface area (Å²) in [6.45, 7) is 5.16. The number of aliphatic hydroxyl groups is 2. The molecule has 29 nitrogen and oxygen atoms in total. The van der Waals surface area contributed by atoms with Crippen LogP contribution in [0.1, 0.15) is 108 Å². The second-order valence-electron chi connectivity index (χ2n) is 23.7. The molecule has 1 aliphatic carbocycles. The molecule has 29 heteroatoms. The number of carboxylic acids is 1. The molecular formula is C65H90N14O15. The van der Waals surface area contributed by atoms with E-state index in [9.17, 15) is 73.2 Å². The highest BCUT2D eigenvalue weighted by molar-refractivity contribution is 5.99. The average Bonchev–Trinajstić information content (AvgIpc) is 1.67. The summed E-state index contributed by atoms with van der Waals surface area (Å²) in [5.41, 5.74) is 18.9. The van der Waals surface area contributed by atoms with Crippen molar-refractivity contribution in [2.24, 2.45) is 34.0 Å². The van der Waals surface area contributed by atoms with Gasteiger partial charge in [0.2, 0.25) is 59.1 Å². The Balaban J connectivity index is 1.42. The van der Waals surface area contributed by atoms with E-state index in [0.29, 0.717) is 29.5 Å². The molecule has 10 amide bonds. The van der Waals surface area contributed by atoms with Crippen molar-refractivity contribution in [1.29, 1.82) is 0 Å². The molecule has 0 radical (unpaired) electrons. The number of nitrogens with zero attached hydrogens (tertiary/aromatic N) is 1. The molecule has 94 heavy (non-hydrogen) atoms. The minimum absolute atomic E-state index is 0.0163. The molecule has 3 aromatic carbocycles. The maximum absolute atomic E-state index is 14.8. The lowest BCUT2D eigenvalue weighted by molar-refractivity contribution is -0.141. The third-order valence-corrected chi connectivity index (χ3v) is 15.8. The highest BCUT2D eigenvalue weighted by Gasteiger charge is 2.37. The number of aliphatic carboxylic acids is 1. The Kier molecular flexibility index (Phi) is 30.4. The predicted octanol–water partition coefficient (Wildman–Crippen LogP) is -0.755. The molecule has 4 aromatic rings. The fourth-order valence-electron chi connectivity index (χ4n) is 10.8. The number of aromatic amines is 1. The van der Waals surface area contributed by atoms with Crippen molar-refractivity contribution in [3.05, 3.63) is 114 Å². The Morgan fingerprint density at radius 2 is 1.07 bits per heavy atom. The number of phenols is 1. The van der Waals surface area contributed by atoms with E-state index >= 15 is 0 Å². The number of aromatic nitrogens is 1. The van der Waals surface area contributed by atoms with Gasteiger partial charge >= 0.3 is 5.97 Å². The fraction of sp³-hybridized carbons (Fsp3) is 0.477. The van der Waals surface area contributed by atoms with Gasteiger partial charge in [-0.2, -0.15) is 0 Å². The van der Waals surface area contributed by atoms with Gasteiger partial charge in [-0.25, -0.2) is 0 Å². The molecule has 5 rings (SSSR count). The number of guanidine groups is 1. The molecule has 510 valence electrons. The number of aliphatic hydroxyl groups excluding tert-OH is 2. The number of benzene rings is 3. The molecular weight excluding hydrogens is 1220 g/mol. The molecule has 0 saturated heterocycles. The van der Waals surface area contributed by atoms with E-state index in [0.717, 1.165) is 30.2 Å². The smallest absolute Gasteiger partial charge is 0.305 e. The predicted molar refractivity (Wildman–Crippen MR) is 347 cm³/mol. The summed E-state index contributed by atoms with van der Waals surface area (Å²) in [5, 5.41) is 64.4. The Bertz CT molecular complexity index is 3260. The number of carbonyl (C=O) groups excluding carboxylic acids is 10. The molecule has 0 aliphatic heterocycles. The van der Waals surface area contributed by atoms with Gasteiger partial charge in [0, 0.05) is 49.3 Å². The van der Waals surface area contributed by atoms with E-state index < -0.39 is 139 Å². The van der Waals surface area contributed by atoms with Crippen LogP contribution in [0.2, 0.25) is 0 Å². The first kappa shape index (κ1) is 74.8. The summed E-state index contributed by atoms with van der Waals surface area (Å²) in [4.78, 5) is 159. The molecule has 9 atom stereocenters. The second kappa shape index (κ2) is 38.2. The zero-order valence-corrected chi connectivity index (χ0v) is 52.9. The van der Waals surface area contributed by atoms with Crippen LogP contribution in [0, 0.1) is 11.8 Å². The normalized spacial score (nSPS) is 15.1. The first-order valence-electron chi connectivity index (χ1n) is 31.4. The van der Waals surface area contributed by atoms with Gasteiger partial charge in [0.25, 0.3) is 0 Å². The number of rotatable bonds is 39. The van der Waals surface area contributed by atoms with Gasteiger partial charge in [-0.3, -0.25) is 57.7 Å². The molecule has 1 fully saturated rings. The van der Waals surface area contributed by atoms with E-state index in [4.69, 9.17) is 17.2 Å². The van der Waals surface area contributed by atoms with E-state index in [1.807, 2.05) is 0 Å². The fourth-order valence-corrected chi connectivity index (χ4v) is 10.8. The summed E-state index contributed by atoms with van der Waals surface area (Å²) in [6.07, 6.45) is 5.84. The van der Waals surface area contributed by atoms with Crippen LogP contribution in [0.15, 0.2) is 103 Å². The minimum atomic E-state index is -1.81. The van der Waals surface area contributed by atoms with Gasteiger partial charge in [0.1, 0.15) is 60.1 Å². The average molecular weight is 1310 g/mol. The molecule has 1 aromatic heterocycles. The van der Waals surface area contributed by atoms with Crippen molar-refractivity contribution in [3.63, 3.8) is 0 Å². The van der Waals surface area contributed by atoms with Crippen molar-refractivity contribution in [3.8, 4) is 5.75 Å². The lowest BCUT2D eigenvalue weighted by atomic mass is 9.84. The molecule has 0 bridgehead atoms. The van der Waals surface area contributed by atoms with Crippen LogP contribution in [0.25, 0.3) is 10.9 Å². The van der Waals surface area contributed by atoms with Crippen LogP contribution >= 0.6 is 0 Å². The largest absolute Gasteiger partial charge is 0.508 e. The Hall–Kier alpha value is -9.90. The number of aliphatic imine (C=N–C) groups is 1. The van der Waals surface area contributed by atoms with Gasteiger partial charge in [0.15, 0.2) is 5.96 Å². The number of allylic oxidation sites excluding steroid dienone is 1. The van der Waals surface area contributed by atoms with Crippen molar-refractivity contribution >= 4 is 81.9 Å². The number of nitrogens with one attached hydrogen (secondary N) is 10. The van der Waals surface area contributed by atoms with Gasteiger partial charge < -0.3 is 90.5 Å². The standard InChI is InChI=1S/C65H90N14O15/c1-4-5-22-54(83)71-51(33-55(84)85)63(93)76-47(29-38-15-8-6-9-16-38)60(90)75-48(30-39-17-10-7-11-18-39)61(91)79-53(36-81)64(94)72-45(21-14-27-69-65(67)68)57(87)74-49(31-40-23-25-42(82)26-24-40)59(89)73-46(28-37(2)3)58(88)77-50(62(92)78-52(35-80)56(66)86)32-41-34-70-44-20-13-12-19-43(41)44/h4,7,10-13,17-20,23-26,34,37-38,45-53,70,80-82H,1,5-6,8-9,14-16,21-22,27-33,35-36H2,2-3H3,(H2,66,86)(H,71,83)(H,72,94)(H,73,89)(H,74,87)(H,75,90)(H,76,93)(H,77,88)(H,78,92)(H,79,91)(H,84,85)(H4,67,68,69)/t45-,46+,47+,48+,49+,50+,51+,52+,53-/m1/s1. The van der Waals surface area contributed by atoms with Gasteiger partial charge in [0.05, 0.1) is 19.6 Å². The van der Waals surface area contributed by atoms with Crippen LogP contribution in [-0.4, -0.2) is 171 Å². The Morgan fingerprint density at radius 3 is 1.65 bits per heavy atom. The van der Waals surface area contributed by atoms with Crippen LogP contribution in [-0.2, 0) is 72.0 Å². The first-order valence-corrected chi connectivity index (χ1v) is 31.4. The molecule has 1 saturated carbocycles. The number of hydrogen-bond acceptors (Lipinski definition) is 15. The number of carbonyl (C=O) groups is 11. The lowest BCUT2D eigenvalue weighted by Crippen LogP contribution is -2.61. The number of phenolic OH excluding ortho intramolecular Hbond substituents is 1. The van der Waals surface area contributed by atoms with E-state index in [1.165, 1.54) is 30.3 Å². The SMILES string of the molecule is C=CCCC(=O)N[C@@H](CC(=O)O)C(=O)N[C@@H](CC1CCCCC1)C(=O)N[C@@H](Cc1ccccc1)C(=O)N[C@H](CO)C(=O)N[C@H](CCCN=C(N)N)C(=O)N[C@@H](Cc1ccc(O)cc1)C(=O)N[C@@H](CC(C)C)C(=O)N[C@@H](Cc1c[nH]c2ccccc12)C(=O)N[C@@H](CO)C(N)=O. The summed E-state index contributed by atoms with van der Waals surface area (Å²) < 4.78 is 0. The van der Waals surface area contributed by atoms with E-state index in [1.54, 1.807) is 74.6 Å². The Morgan fingerprint density at radius 1 is 0.585 bits per heavy atom. The zero-order valence-electron chi connectivity index (χ0n) is 52.9. The number of amides is 10. The third-order valence-electron chi connectivity index (χ3n) is 15.8. The van der Waals surface area contributed by atoms with E-state index in [2.05, 4.69) is 64.4 Å². The maximum atomic E-state index is 14.8. The summed E-state index contributed by atoms with van der Waals surface area (Å²) in [5.74, 6) is -11.3. The highest BCUT2D eigenvalue weighted by atomic mass is 16.4.